The summed E-state index contributed by atoms with van der Waals surface area (Å²) in [4.78, 5) is 4.19. The number of nitrogens with zero attached hydrogens (tertiary/aromatic N) is 1. The smallest absolute Gasteiger partial charge is 0.157 e. The van der Waals surface area contributed by atoms with E-state index in [-0.39, 0.29) is 0 Å². The van der Waals surface area contributed by atoms with Gasteiger partial charge in [0.1, 0.15) is 12.4 Å². The summed E-state index contributed by atoms with van der Waals surface area (Å²) in [5.41, 5.74) is 0.918. The molecule has 0 unspecified atom stereocenters. The fourth-order valence-corrected chi connectivity index (χ4v) is 2.41. The second-order valence-electron chi connectivity index (χ2n) is 3.79. The van der Waals surface area contributed by atoms with Gasteiger partial charge in [-0.15, -0.1) is 0 Å². The molecule has 0 aliphatic rings. The molecule has 0 saturated carbocycles. The zero-order valence-electron chi connectivity index (χ0n) is 10.1. The number of halogens is 3. The summed E-state index contributed by atoms with van der Waals surface area (Å²) in [6.07, 6.45) is 1.73. The van der Waals surface area contributed by atoms with Gasteiger partial charge in [-0.1, -0.05) is 40.9 Å². The highest BCUT2D eigenvalue weighted by atomic mass is 35.5. The third-order valence-electron chi connectivity index (χ3n) is 2.43. The van der Waals surface area contributed by atoms with Crippen molar-refractivity contribution in [2.75, 3.05) is 12.4 Å². The maximum Gasteiger partial charge on any atom is 0.157 e. The number of ether oxygens (including phenoxy) is 1. The molecule has 3 nitrogen and oxygen atoms in total. The maximum absolute atomic E-state index is 6.03. The normalized spacial score (nSPS) is 10.3. The highest BCUT2D eigenvalue weighted by Crippen LogP contribution is 2.36. The Morgan fingerprint density at radius 2 is 1.84 bits per heavy atom. The number of nitrogens with one attached hydrogen (secondary N) is 1. The summed E-state index contributed by atoms with van der Waals surface area (Å²) >= 11 is 17.9. The molecule has 0 saturated heterocycles. The zero-order valence-corrected chi connectivity index (χ0v) is 12.4. The molecule has 0 radical (unpaired) electrons. The predicted molar refractivity (Wildman–Crippen MR) is 79.6 cm³/mol. The number of hydrogen-bond acceptors (Lipinski definition) is 3. The SMILES string of the molecule is CNc1ccc(COc2c(Cl)cc(Cl)cc2Cl)cn1. The van der Waals surface area contributed by atoms with Gasteiger partial charge in [0.2, 0.25) is 0 Å². The first kappa shape index (κ1) is 14.3. The fraction of sp³-hybridized carbons (Fsp3) is 0.154. The number of rotatable bonds is 4. The maximum atomic E-state index is 6.03. The summed E-state index contributed by atoms with van der Waals surface area (Å²) in [5, 5.41) is 4.19. The molecule has 0 aliphatic carbocycles. The zero-order chi connectivity index (χ0) is 13.8. The van der Waals surface area contributed by atoms with Crippen molar-refractivity contribution in [3.05, 3.63) is 51.1 Å². The monoisotopic (exact) mass is 316 g/mol. The van der Waals surface area contributed by atoms with E-state index in [0.29, 0.717) is 27.4 Å². The Kier molecular flexibility index (Phi) is 4.75. The Bertz CT molecular complexity index is 550. The molecule has 0 amide bonds. The van der Waals surface area contributed by atoms with Crippen LogP contribution in [-0.2, 0) is 6.61 Å². The van der Waals surface area contributed by atoms with E-state index < -0.39 is 0 Å². The fourth-order valence-electron chi connectivity index (χ4n) is 1.48. The van der Waals surface area contributed by atoms with Crippen molar-refractivity contribution < 1.29 is 4.74 Å². The average Bonchev–Trinajstić information content (AvgIpc) is 2.38. The van der Waals surface area contributed by atoms with Gasteiger partial charge in [0, 0.05) is 23.8 Å². The number of pyridine rings is 1. The van der Waals surface area contributed by atoms with Gasteiger partial charge in [-0.2, -0.15) is 0 Å². The van der Waals surface area contributed by atoms with E-state index >= 15 is 0 Å². The van der Waals surface area contributed by atoms with Crippen LogP contribution in [0.4, 0.5) is 5.82 Å². The lowest BCUT2D eigenvalue weighted by atomic mass is 10.3. The van der Waals surface area contributed by atoms with Crippen LogP contribution in [0, 0.1) is 0 Å². The van der Waals surface area contributed by atoms with Crippen LogP contribution in [-0.4, -0.2) is 12.0 Å². The molecule has 6 heteroatoms. The molecular weight excluding hydrogens is 307 g/mol. The molecule has 0 aliphatic heterocycles. The topological polar surface area (TPSA) is 34.1 Å². The van der Waals surface area contributed by atoms with Crippen molar-refractivity contribution in [2.24, 2.45) is 0 Å². The summed E-state index contributed by atoms with van der Waals surface area (Å²) < 4.78 is 5.60. The van der Waals surface area contributed by atoms with Gasteiger partial charge in [-0.3, -0.25) is 0 Å². The minimum absolute atomic E-state index is 0.331. The van der Waals surface area contributed by atoms with Gasteiger partial charge >= 0.3 is 0 Å². The Hall–Kier alpha value is -1.16. The van der Waals surface area contributed by atoms with Crippen LogP contribution in [0.1, 0.15) is 5.56 Å². The molecule has 1 aromatic carbocycles. The Morgan fingerprint density at radius 1 is 1.16 bits per heavy atom. The largest absolute Gasteiger partial charge is 0.486 e. The van der Waals surface area contributed by atoms with Crippen LogP contribution in [0.2, 0.25) is 15.1 Å². The summed E-state index contributed by atoms with van der Waals surface area (Å²) in [6.45, 7) is 0.331. The van der Waals surface area contributed by atoms with E-state index in [1.54, 1.807) is 18.3 Å². The lowest BCUT2D eigenvalue weighted by Crippen LogP contribution is -1.99. The highest BCUT2D eigenvalue weighted by molar-refractivity contribution is 6.40. The van der Waals surface area contributed by atoms with Gasteiger partial charge in [0.05, 0.1) is 10.0 Å². The Labute approximate surface area is 126 Å². The van der Waals surface area contributed by atoms with Gasteiger partial charge in [-0.25, -0.2) is 4.98 Å². The van der Waals surface area contributed by atoms with Crippen molar-refractivity contribution in [1.29, 1.82) is 0 Å². The van der Waals surface area contributed by atoms with Crippen molar-refractivity contribution in [2.45, 2.75) is 6.61 Å². The number of anilines is 1. The van der Waals surface area contributed by atoms with Gasteiger partial charge < -0.3 is 10.1 Å². The molecule has 0 bridgehead atoms. The molecule has 0 atom stereocenters. The first-order valence-corrected chi connectivity index (χ1v) is 6.63. The minimum atomic E-state index is 0.331. The van der Waals surface area contributed by atoms with Gasteiger partial charge in [0.15, 0.2) is 5.75 Å². The van der Waals surface area contributed by atoms with Crippen LogP contribution in [0.25, 0.3) is 0 Å². The molecule has 100 valence electrons. The van der Waals surface area contributed by atoms with E-state index in [4.69, 9.17) is 39.5 Å². The number of hydrogen-bond donors (Lipinski definition) is 1. The van der Waals surface area contributed by atoms with Gasteiger partial charge in [0.25, 0.3) is 0 Å². The van der Waals surface area contributed by atoms with Crippen LogP contribution >= 0.6 is 34.8 Å². The van der Waals surface area contributed by atoms with E-state index in [2.05, 4.69) is 10.3 Å². The third-order valence-corrected chi connectivity index (χ3v) is 3.21. The first-order valence-electron chi connectivity index (χ1n) is 5.50. The molecular formula is C13H11Cl3N2O. The molecule has 2 aromatic rings. The molecule has 19 heavy (non-hydrogen) atoms. The van der Waals surface area contributed by atoms with Gasteiger partial charge in [-0.05, 0) is 18.2 Å². The molecule has 1 heterocycles. The van der Waals surface area contributed by atoms with Crippen molar-refractivity contribution in [3.63, 3.8) is 0 Å². The van der Waals surface area contributed by atoms with E-state index in [1.807, 2.05) is 19.2 Å². The van der Waals surface area contributed by atoms with Crippen molar-refractivity contribution in [3.8, 4) is 5.75 Å². The quantitative estimate of drug-likeness (QED) is 0.890. The van der Waals surface area contributed by atoms with Crippen LogP contribution in [0.3, 0.4) is 0 Å². The molecule has 2 rings (SSSR count). The summed E-state index contributed by atoms with van der Waals surface area (Å²) in [5.74, 6) is 1.22. The Morgan fingerprint density at radius 3 is 2.37 bits per heavy atom. The van der Waals surface area contributed by atoms with E-state index in [0.717, 1.165) is 11.4 Å². The lowest BCUT2D eigenvalue weighted by molar-refractivity contribution is 0.306. The number of aromatic nitrogens is 1. The molecule has 1 aromatic heterocycles. The van der Waals surface area contributed by atoms with Crippen LogP contribution in [0.15, 0.2) is 30.5 Å². The molecule has 0 fully saturated rings. The number of benzene rings is 1. The van der Waals surface area contributed by atoms with E-state index in [9.17, 15) is 0 Å². The van der Waals surface area contributed by atoms with Crippen LogP contribution in [0.5, 0.6) is 5.75 Å². The lowest BCUT2D eigenvalue weighted by Gasteiger charge is -2.10. The minimum Gasteiger partial charge on any atom is -0.486 e. The molecule has 1 N–H and O–H groups in total. The highest BCUT2D eigenvalue weighted by Gasteiger charge is 2.09. The van der Waals surface area contributed by atoms with Crippen molar-refractivity contribution >= 4 is 40.6 Å². The second-order valence-corrected chi connectivity index (χ2v) is 5.04. The average molecular weight is 318 g/mol. The third kappa shape index (κ3) is 3.66. The Balaban J connectivity index is 2.10. The predicted octanol–water partition coefficient (Wildman–Crippen LogP) is 4.66. The van der Waals surface area contributed by atoms with Crippen molar-refractivity contribution in [1.82, 2.24) is 4.98 Å². The summed E-state index contributed by atoms with van der Waals surface area (Å²) in [6, 6.07) is 6.96. The molecule has 0 spiro atoms. The second kappa shape index (κ2) is 6.33. The van der Waals surface area contributed by atoms with Crippen LogP contribution < -0.4 is 10.1 Å². The van der Waals surface area contributed by atoms with E-state index in [1.165, 1.54) is 0 Å². The standard InChI is InChI=1S/C13H11Cl3N2O/c1-17-12-3-2-8(6-18-12)7-19-13-10(15)4-9(14)5-11(13)16/h2-6H,7H2,1H3,(H,17,18). The first-order chi connectivity index (χ1) is 9.10. The summed E-state index contributed by atoms with van der Waals surface area (Å²) in [7, 11) is 1.81.